The van der Waals surface area contributed by atoms with Crippen molar-refractivity contribution in [2.24, 2.45) is 0 Å². The Kier molecular flexibility index (Phi) is 11.9. The average molecular weight is 745 g/mol. The van der Waals surface area contributed by atoms with Crippen molar-refractivity contribution in [1.29, 1.82) is 0 Å². The van der Waals surface area contributed by atoms with Crippen LogP contribution in [0.1, 0.15) is 26.7 Å². The Labute approximate surface area is 313 Å². The van der Waals surface area contributed by atoms with E-state index in [-0.39, 0.29) is 17.2 Å². The van der Waals surface area contributed by atoms with Crippen LogP contribution in [-0.4, -0.2) is 36.9 Å². The van der Waals surface area contributed by atoms with Crippen LogP contribution in [0.5, 0.6) is 11.5 Å². The number of hydrogen-bond donors (Lipinski definition) is 3. The molecule has 0 saturated carbocycles. The molecule has 9 nitrogen and oxygen atoms in total. The van der Waals surface area contributed by atoms with Crippen LogP contribution in [-0.2, 0) is 9.59 Å². The molecule has 0 spiro atoms. The molecule has 5 aromatic carbocycles. The first-order valence-corrected chi connectivity index (χ1v) is 18.0. The van der Waals surface area contributed by atoms with Gasteiger partial charge in [-0.2, -0.15) is 0 Å². The van der Waals surface area contributed by atoms with Crippen molar-refractivity contribution in [2.75, 3.05) is 24.9 Å². The van der Waals surface area contributed by atoms with Crippen molar-refractivity contribution in [2.45, 2.75) is 10.1 Å². The molecule has 1 atom stereocenters. The molecule has 0 saturated heterocycles. The number of aromatic nitrogens is 1. The van der Waals surface area contributed by atoms with Crippen molar-refractivity contribution in [3.8, 4) is 22.8 Å². The van der Waals surface area contributed by atoms with Crippen LogP contribution in [0.15, 0.2) is 143 Å². The fourth-order valence-electron chi connectivity index (χ4n) is 5.20. The second-order valence-corrected chi connectivity index (χ2v) is 13.4. The minimum absolute atomic E-state index is 0.128. The smallest absolute Gasteiger partial charge is 0.272 e. The summed E-state index contributed by atoms with van der Waals surface area (Å²) in [6.45, 7) is 0. The molecule has 1 heterocycles. The fraction of sp³-hybridized carbons (Fsp3) is 0.0732. The van der Waals surface area contributed by atoms with Gasteiger partial charge in [0.1, 0.15) is 16.8 Å². The summed E-state index contributed by atoms with van der Waals surface area (Å²) in [6, 6.07) is 36.2. The molecular weight excluding hydrogens is 712 g/mol. The highest BCUT2D eigenvalue weighted by Gasteiger charge is 2.24. The van der Waals surface area contributed by atoms with Gasteiger partial charge < -0.3 is 25.4 Å². The van der Waals surface area contributed by atoms with E-state index < -0.39 is 22.9 Å². The first-order chi connectivity index (χ1) is 25.8. The van der Waals surface area contributed by atoms with Gasteiger partial charge in [-0.05, 0) is 66.2 Å². The minimum atomic E-state index is -0.683. The number of benzene rings is 5. The summed E-state index contributed by atoms with van der Waals surface area (Å²) in [5.74, 6) is -0.864. The van der Waals surface area contributed by atoms with Crippen LogP contribution >= 0.6 is 23.1 Å². The molecule has 3 N–H and O–H groups in total. The average Bonchev–Trinajstić information content (AvgIpc) is 3.66. The summed E-state index contributed by atoms with van der Waals surface area (Å²) in [5, 5.41) is 10.00. The number of carbonyl (C=O) groups excluding carboxylic acids is 3. The van der Waals surface area contributed by atoms with E-state index in [2.05, 4.69) is 20.9 Å². The van der Waals surface area contributed by atoms with Crippen LogP contribution in [0, 0.1) is 5.82 Å². The summed E-state index contributed by atoms with van der Waals surface area (Å²) >= 11 is 2.59. The number of halogens is 1. The highest BCUT2D eigenvalue weighted by atomic mass is 32.2. The topological polar surface area (TPSA) is 119 Å². The molecule has 266 valence electrons. The van der Waals surface area contributed by atoms with Gasteiger partial charge in [0.15, 0.2) is 16.6 Å². The summed E-state index contributed by atoms with van der Waals surface area (Å²) < 4.78 is 25.4. The van der Waals surface area contributed by atoms with E-state index in [9.17, 15) is 18.8 Å². The van der Waals surface area contributed by atoms with Gasteiger partial charge in [-0.15, -0.1) is 23.1 Å². The third-order valence-electron chi connectivity index (χ3n) is 7.83. The van der Waals surface area contributed by atoms with Crippen LogP contribution in [0.25, 0.3) is 17.3 Å². The van der Waals surface area contributed by atoms with E-state index in [0.717, 1.165) is 11.1 Å². The zero-order valence-corrected chi connectivity index (χ0v) is 30.2. The predicted octanol–water partition coefficient (Wildman–Crippen LogP) is 8.85. The number of thioether (sulfide) groups is 1. The Morgan fingerprint density at radius 3 is 2.25 bits per heavy atom. The molecule has 0 bridgehead atoms. The Morgan fingerprint density at radius 1 is 0.792 bits per heavy atom. The van der Waals surface area contributed by atoms with Gasteiger partial charge in [0.2, 0.25) is 5.91 Å². The van der Waals surface area contributed by atoms with Crippen LogP contribution in [0.3, 0.4) is 0 Å². The molecule has 6 aromatic rings. The van der Waals surface area contributed by atoms with E-state index >= 15 is 0 Å². The molecule has 1 aromatic heterocycles. The quantitative estimate of drug-likeness (QED) is 0.0799. The lowest BCUT2D eigenvalue weighted by atomic mass is 10.1. The standard InChI is InChI=1S/C41H33FN4O5S2/c1-50-35-21-20-29(23-36(35)51-2)34-25-52-41(45-34)46-40(49)37(26-12-5-3-6-13-26)53-31-18-11-17-30(24-31)43-39(48)33(22-28-16-9-10-19-32(28)42)44-38(47)27-14-7-4-8-15-27/h3-25,37H,1-2H3,(H,43,48)(H,44,47)(H,45,46,49)/b33-22-. The number of nitrogens with one attached hydrogen (secondary N) is 3. The number of thiazole rings is 1. The molecule has 6 rings (SSSR count). The molecule has 1 unspecified atom stereocenters. The van der Waals surface area contributed by atoms with Crippen molar-refractivity contribution < 1.29 is 28.2 Å². The zero-order valence-electron chi connectivity index (χ0n) is 28.5. The van der Waals surface area contributed by atoms with Gasteiger partial charge in [0.05, 0.1) is 19.9 Å². The van der Waals surface area contributed by atoms with Gasteiger partial charge in [0, 0.05) is 32.7 Å². The maximum atomic E-state index is 14.6. The Morgan fingerprint density at radius 2 is 1.51 bits per heavy atom. The summed E-state index contributed by atoms with van der Waals surface area (Å²) in [4.78, 5) is 45.9. The third kappa shape index (κ3) is 9.36. The molecule has 53 heavy (non-hydrogen) atoms. The second kappa shape index (κ2) is 17.3. The Bertz CT molecular complexity index is 2260. The van der Waals surface area contributed by atoms with E-state index in [1.165, 1.54) is 47.4 Å². The van der Waals surface area contributed by atoms with Crippen molar-refractivity contribution in [1.82, 2.24) is 10.3 Å². The van der Waals surface area contributed by atoms with Gasteiger partial charge in [-0.25, -0.2) is 9.37 Å². The molecular formula is C41H33FN4O5S2. The third-order valence-corrected chi connectivity index (χ3v) is 9.84. The van der Waals surface area contributed by atoms with Crippen LogP contribution in [0.2, 0.25) is 0 Å². The number of ether oxygens (including phenoxy) is 2. The number of nitrogens with zero attached hydrogens (tertiary/aromatic N) is 1. The summed E-state index contributed by atoms with van der Waals surface area (Å²) in [7, 11) is 3.13. The highest BCUT2D eigenvalue weighted by molar-refractivity contribution is 8.00. The minimum Gasteiger partial charge on any atom is -0.493 e. The van der Waals surface area contributed by atoms with E-state index in [0.29, 0.717) is 38.5 Å². The normalized spacial score (nSPS) is 11.6. The lowest BCUT2D eigenvalue weighted by molar-refractivity contribution is -0.116. The molecule has 0 aliphatic carbocycles. The second-order valence-electron chi connectivity index (χ2n) is 11.4. The number of rotatable bonds is 13. The van der Waals surface area contributed by atoms with Crippen molar-refractivity contribution in [3.05, 3.63) is 161 Å². The predicted molar refractivity (Wildman–Crippen MR) is 208 cm³/mol. The van der Waals surface area contributed by atoms with Crippen molar-refractivity contribution in [3.63, 3.8) is 0 Å². The Hall–Kier alpha value is -6.24. The van der Waals surface area contributed by atoms with E-state index in [1.807, 2.05) is 53.9 Å². The molecule has 3 amide bonds. The number of methoxy groups -OCH3 is 2. The highest BCUT2D eigenvalue weighted by Crippen LogP contribution is 2.38. The Balaban J connectivity index is 1.21. The van der Waals surface area contributed by atoms with Crippen LogP contribution < -0.4 is 25.4 Å². The maximum Gasteiger partial charge on any atom is 0.272 e. The van der Waals surface area contributed by atoms with Gasteiger partial charge in [0.25, 0.3) is 11.8 Å². The molecule has 12 heteroatoms. The lowest BCUT2D eigenvalue weighted by Crippen LogP contribution is -2.30. The number of anilines is 2. The largest absolute Gasteiger partial charge is 0.493 e. The number of amides is 3. The molecule has 0 radical (unpaired) electrons. The van der Waals surface area contributed by atoms with Gasteiger partial charge >= 0.3 is 0 Å². The SMILES string of the molecule is COc1ccc(-c2csc(NC(=O)C(Sc3cccc(NC(=O)/C(=C/c4ccccc4F)NC(=O)c4ccccc4)c3)c3ccccc3)n2)cc1OC. The fourth-order valence-corrected chi connectivity index (χ4v) is 7.01. The van der Waals surface area contributed by atoms with Gasteiger partial charge in [-0.1, -0.05) is 72.8 Å². The summed E-state index contributed by atoms with van der Waals surface area (Å²) in [5.41, 5.74) is 2.95. The van der Waals surface area contributed by atoms with Crippen molar-refractivity contribution >= 4 is 57.7 Å². The van der Waals surface area contributed by atoms with Crippen LogP contribution in [0.4, 0.5) is 15.2 Å². The maximum absolute atomic E-state index is 14.6. The first kappa shape index (κ1) is 36.5. The number of hydrogen-bond acceptors (Lipinski definition) is 8. The molecule has 0 aliphatic rings. The first-order valence-electron chi connectivity index (χ1n) is 16.3. The summed E-state index contributed by atoms with van der Waals surface area (Å²) in [6.07, 6.45) is 1.29. The lowest BCUT2D eigenvalue weighted by Gasteiger charge is -2.17. The number of carbonyl (C=O) groups is 3. The molecule has 0 aliphatic heterocycles. The molecule has 0 fully saturated rings. The zero-order chi connectivity index (χ0) is 37.2. The van der Waals surface area contributed by atoms with E-state index in [4.69, 9.17) is 9.47 Å². The monoisotopic (exact) mass is 744 g/mol. The van der Waals surface area contributed by atoms with Gasteiger partial charge in [-0.3, -0.25) is 14.4 Å². The van der Waals surface area contributed by atoms with E-state index in [1.54, 1.807) is 74.9 Å².